The third-order valence-corrected chi connectivity index (χ3v) is 4.72. The Balaban J connectivity index is 1.91. The minimum Gasteiger partial charge on any atom is -0.375 e. The quantitative estimate of drug-likeness (QED) is 0.678. The van der Waals surface area contributed by atoms with E-state index < -0.39 is 0 Å². The molecule has 0 saturated carbocycles. The highest BCUT2D eigenvalue weighted by molar-refractivity contribution is 7.99. The molecule has 1 atom stereocenters. The lowest BCUT2D eigenvalue weighted by molar-refractivity contribution is -0.102. The molecule has 0 bridgehead atoms. The number of rotatable bonds is 2. The van der Waals surface area contributed by atoms with Gasteiger partial charge in [0.15, 0.2) is 0 Å². The van der Waals surface area contributed by atoms with Crippen LogP contribution in [0.5, 0.6) is 0 Å². The molecule has 1 spiro atoms. The van der Waals surface area contributed by atoms with Gasteiger partial charge in [-0.2, -0.15) is 11.8 Å². The van der Waals surface area contributed by atoms with E-state index in [1.807, 2.05) is 0 Å². The number of thioether (sulfide) groups is 1. The van der Waals surface area contributed by atoms with Crippen LogP contribution in [0.2, 0.25) is 0 Å². The van der Waals surface area contributed by atoms with Crippen molar-refractivity contribution in [2.24, 2.45) is 5.92 Å². The first kappa shape index (κ1) is 11.1. The third kappa shape index (κ3) is 2.59. The molecule has 2 fully saturated rings. The molecular weight excluding hydrogens is 216 g/mol. The Morgan fingerprint density at radius 2 is 2.14 bits per heavy atom. The lowest BCUT2D eigenvalue weighted by Gasteiger charge is -2.43. The molecule has 0 aliphatic carbocycles. The predicted octanol–water partition coefficient (Wildman–Crippen LogP) is 3.31. The molecule has 82 valence electrons. The van der Waals surface area contributed by atoms with Crippen LogP contribution in [-0.2, 0) is 4.74 Å². The molecule has 1 unspecified atom stereocenters. The lowest BCUT2D eigenvalue weighted by Crippen LogP contribution is -2.42. The molecule has 0 aromatic rings. The smallest absolute Gasteiger partial charge is 0.0700 e. The highest BCUT2D eigenvalue weighted by Gasteiger charge is 2.38. The van der Waals surface area contributed by atoms with E-state index in [1.165, 1.54) is 43.6 Å². The molecule has 2 rings (SSSR count). The van der Waals surface area contributed by atoms with E-state index in [9.17, 15) is 0 Å². The van der Waals surface area contributed by atoms with E-state index in [0.717, 1.165) is 18.4 Å². The van der Waals surface area contributed by atoms with E-state index in [1.54, 1.807) is 0 Å². The summed E-state index contributed by atoms with van der Waals surface area (Å²) in [6.45, 7) is 0.965. The first-order chi connectivity index (χ1) is 6.85. The summed E-state index contributed by atoms with van der Waals surface area (Å²) in [5, 5.41) is 0. The van der Waals surface area contributed by atoms with Gasteiger partial charge >= 0.3 is 0 Å². The van der Waals surface area contributed by atoms with Crippen molar-refractivity contribution in [3.05, 3.63) is 0 Å². The maximum absolute atomic E-state index is 6.03. The van der Waals surface area contributed by atoms with Gasteiger partial charge in [-0.15, -0.1) is 11.6 Å². The number of halogens is 1. The molecule has 2 aliphatic rings. The van der Waals surface area contributed by atoms with Gasteiger partial charge in [-0.05, 0) is 49.5 Å². The Bertz CT molecular complexity index is 173. The highest BCUT2D eigenvalue weighted by Crippen LogP contribution is 2.40. The molecule has 2 saturated heterocycles. The predicted molar refractivity (Wildman–Crippen MR) is 63.3 cm³/mol. The van der Waals surface area contributed by atoms with Crippen molar-refractivity contribution in [2.75, 3.05) is 24.0 Å². The molecule has 0 aromatic carbocycles. The Kier molecular flexibility index (Phi) is 4.03. The first-order valence-electron chi connectivity index (χ1n) is 5.62. The van der Waals surface area contributed by atoms with Gasteiger partial charge in [-0.3, -0.25) is 0 Å². The number of alkyl halides is 1. The molecule has 3 heteroatoms. The standard InChI is InChI=1S/C11H19ClOS/c12-5-1-10-2-6-13-11(9-10)3-7-14-8-4-11/h10H,1-9H2. The van der Waals surface area contributed by atoms with Crippen molar-refractivity contribution in [3.63, 3.8) is 0 Å². The molecule has 14 heavy (non-hydrogen) atoms. The lowest BCUT2D eigenvalue weighted by atomic mass is 9.81. The van der Waals surface area contributed by atoms with E-state index >= 15 is 0 Å². The summed E-state index contributed by atoms with van der Waals surface area (Å²) in [5.41, 5.74) is 0.250. The zero-order chi connectivity index (χ0) is 9.86. The van der Waals surface area contributed by atoms with E-state index in [4.69, 9.17) is 16.3 Å². The molecule has 0 radical (unpaired) electrons. The fourth-order valence-electron chi connectivity index (χ4n) is 2.62. The molecule has 2 heterocycles. The van der Waals surface area contributed by atoms with E-state index in [2.05, 4.69) is 11.8 Å². The zero-order valence-corrected chi connectivity index (χ0v) is 10.2. The summed E-state index contributed by atoms with van der Waals surface area (Å²) in [6, 6.07) is 0. The average molecular weight is 235 g/mol. The van der Waals surface area contributed by atoms with Crippen LogP contribution in [0.25, 0.3) is 0 Å². The van der Waals surface area contributed by atoms with Crippen molar-refractivity contribution >= 4 is 23.4 Å². The largest absolute Gasteiger partial charge is 0.375 e. The van der Waals surface area contributed by atoms with Crippen molar-refractivity contribution in [2.45, 2.75) is 37.7 Å². The van der Waals surface area contributed by atoms with Gasteiger partial charge in [0, 0.05) is 12.5 Å². The third-order valence-electron chi connectivity index (χ3n) is 3.52. The first-order valence-corrected chi connectivity index (χ1v) is 7.31. The van der Waals surface area contributed by atoms with Crippen molar-refractivity contribution < 1.29 is 4.74 Å². The summed E-state index contributed by atoms with van der Waals surface area (Å²) >= 11 is 7.89. The Morgan fingerprint density at radius 3 is 2.86 bits per heavy atom. The Hall–Kier alpha value is 0.600. The Morgan fingerprint density at radius 1 is 1.36 bits per heavy atom. The normalized spacial score (nSPS) is 31.9. The summed E-state index contributed by atoms with van der Waals surface area (Å²) in [6.07, 6.45) is 6.19. The summed E-state index contributed by atoms with van der Waals surface area (Å²) in [7, 11) is 0. The summed E-state index contributed by atoms with van der Waals surface area (Å²) in [5.74, 6) is 4.21. The maximum atomic E-state index is 6.03. The monoisotopic (exact) mass is 234 g/mol. The van der Waals surface area contributed by atoms with E-state index in [-0.39, 0.29) is 5.60 Å². The second kappa shape index (κ2) is 5.09. The second-order valence-corrected chi connectivity index (χ2v) is 6.08. The number of hydrogen-bond acceptors (Lipinski definition) is 2. The molecule has 2 aliphatic heterocycles. The van der Waals surface area contributed by atoms with Gasteiger partial charge in [0.05, 0.1) is 5.60 Å². The molecule has 1 nitrogen and oxygen atoms in total. The van der Waals surface area contributed by atoms with Gasteiger partial charge < -0.3 is 4.74 Å². The minimum absolute atomic E-state index is 0.250. The maximum Gasteiger partial charge on any atom is 0.0700 e. The van der Waals surface area contributed by atoms with Crippen LogP contribution in [0, 0.1) is 5.92 Å². The van der Waals surface area contributed by atoms with Crippen LogP contribution in [0.4, 0.5) is 0 Å². The van der Waals surface area contributed by atoms with E-state index in [0.29, 0.717) is 0 Å². The minimum atomic E-state index is 0.250. The van der Waals surface area contributed by atoms with Crippen LogP contribution in [-0.4, -0.2) is 29.6 Å². The van der Waals surface area contributed by atoms with Crippen LogP contribution in [0.15, 0.2) is 0 Å². The number of hydrogen-bond donors (Lipinski definition) is 0. The zero-order valence-electron chi connectivity index (χ0n) is 8.64. The van der Waals surface area contributed by atoms with Crippen molar-refractivity contribution in [3.8, 4) is 0 Å². The SMILES string of the molecule is ClCCC1CCOC2(CCSCC2)C1. The van der Waals surface area contributed by atoms with Crippen LogP contribution in [0.3, 0.4) is 0 Å². The van der Waals surface area contributed by atoms with Crippen molar-refractivity contribution in [1.82, 2.24) is 0 Å². The molecule has 0 amide bonds. The fraction of sp³-hybridized carbons (Fsp3) is 1.00. The van der Waals surface area contributed by atoms with Gasteiger partial charge in [0.25, 0.3) is 0 Å². The van der Waals surface area contributed by atoms with Crippen LogP contribution < -0.4 is 0 Å². The molecule has 0 N–H and O–H groups in total. The van der Waals surface area contributed by atoms with Gasteiger partial charge in [-0.1, -0.05) is 0 Å². The fourth-order valence-corrected chi connectivity index (χ4v) is 4.17. The second-order valence-electron chi connectivity index (χ2n) is 4.48. The van der Waals surface area contributed by atoms with Gasteiger partial charge in [-0.25, -0.2) is 0 Å². The summed E-state index contributed by atoms with van der Waals surface area (Å²) in [4.78, 5) is 0. The number of ether oxygens (including phenoxy) is 1. The topological polar surface area (TPSA) is 9.23 Å². The summed E-state index contributed by atoms with van der Waals surface area (Å²) < 4.78 is 6.03. The Labute approximate surface area is 95.9 Å². The van der Waals surface area contributed by atoms with Crippen molar-refractivity contribution in [1.29, 1.82) is 0 Å². The van der Waals surface area contributed by atoms with Crippen LogP contribution in [0.1, 0.15) is 32.1 Å². The van der Waals surface area contributed by atoms with Crippen LogP contribution >= 0.6 is 23.4 Å². The average Bonchev–Trinajstić information content (AvgIpc) is 2.19. The molecule has 0 aromatic heterocycles. The highest BCUT2D eigenvalue weighted by atomic mass is 35.5. The van der Waals surface area contributed by atoms with Gasteiger partial charge in [0.1, 0.15) is 0 Å². The molecular formula is C11H19ClOS. The van der Waals surface area contributed by atoms with Gasteiger partial charge in [0.2, 0.25) is 0 Å².